The molecule has 2 aliphatic heterocycles. The van der Waals surface area contributed by atoms with Crippen LogP contribution in [0.2, 0.25) is 0 Å². The molecule has 0 radical (unpaired) electrons. The van der Waals surface area contributed by atoms with Crippen molar-refractivity contribution in [3.8, 4) is 17.7 Å². The molecule has 1 saturated heterocycles. The smallest absolute Gasteiger partial charge is 0.415 e. The number of nitrogens with zero attached hydrogens (tertiary/aromatic N) is 3. The summed E-state index contributed by atoms with van der Waals surface area (Å²) in [6.45, 7) is 4.11. The second-order valence-electron chi connectivity index (χ2n) is 7.13. The van der Waals surface area contributed by atoms with Gasteiger partial charge in [-0.05, 0) is 24.1 Å². The van der Waals surface area contributed by atoms with E-state index >= 15 is 0 Å². The molecule has 0 unspecified atom stereocenters. The lowest BCUT2D eigenvalue weighted by molar-refractivity contribution is 0.0416. The number of carbonyl (C=O) groups excluding carboxylic acids is 1. The van der Waals surface area contributed by atoms with Gasteiger partial charge in [0.15, 0.2) is 0 Å². The summed E-state index contributed by atoms with van der Waals surface area (Å²) in [7, 11) is 0. The Morgan fingerprint density at radius 3 is 2.77 bits per heavy atom. The van der Waals surface area contributed by atoms with E-state index in [0.717, 1.165) is 29.7 Å². The molecule has 1 amide bonds. The number of nitrogens with two attached hydrogens (primary N) is 1. The molecule has 0 aliphatic carbocycles. The third-order valence-electron chi connectivity index (χ3n) is 5.21. The van der Waals surface area contributed by atoms with Crippen molar-refractivity contribution >= 4 is 6.09 Å². The molecule has 1 fully saturated rings. The normalized spacial score (nSPS) is 18.4. The van der Waals surface area contributed by atoms with E-state index in [4.69, 9.17) is 19.9 Å². The number of aromatic amines is 1. The summed E-state index contributed by atoms with van der Waals surface area (Å²) in [6.07, 6.45) is 1.29. The zero-order valence-electron chi connectivity index (χ0n) is 16.7. The predicted molar refractivity (Wildman–Crippen MR) is 107 cm³/mol. The number of nitrogens with one attached hydrogen (secondary N) is 1. The number of fused-ring (bicyclic) bond motifs is 1. The highest BCUT2D eigenvalue weighted by Gasteiger charge is 2.35. The first-order chi connectivity index (χ1) is 14.6. The molecule has 2 aliphatic rings. The SMILES string of the molecule is CCCc1[nH]nc2c1[C@H](c1ccc(OC(=O)N3CCOCC3)cc1)C(C#N)=C(N)O2. The minimum atomic E-state index is -0.402. The summed E-state index contributed by atoms with van der Waals surface area (Å²) in [4.78, 5) is 13.9. The van der Waals surface area contributed by atoms with Crippen LogP contribution in [0, 0.1) is 11.3 Å². The summed E-state index contributed by atoms with van der Waals surface area (Å²) in [5.41, 5.74) is 8.90. The van der Waals surface area contributed by atoms with Gasteiger partial charge in [-0.3, -0.25) is 5.10 Å². The number of aromatic nitrogens is 2. The molecule has 9 heteroatoms. The van der Waals surface area contributed by atoms with E-state index in [2.05, 4.69) is 23.2 Å². The molecule has 3 heterocycles. The first kappa shape index (κ1) is 19.8. The fraction of sp³-hybridized carbons (Fsp3) is 0.381. The highest BCUT2D eigenvalue weighted by atomic mass is 16.6. The molecule has 0 spiro atoms. The van der Waals surface area contributed by atoms with Gasteiger partial charge < -0.3 is 24.8 Å². The number of carbonyl (C=O) groups is 1. The maximum atomic E-state index is 12.3. The van der Waals surface area contributed by atoms with Gasteiger partial charge in [0, 0.05) is 24.3 Å². The average Bonchev–Trinajstić information content (AvgIpc) is 3.16. The van der Waals surface area contributed by atoms with Crippen LogP contribution in [-0.2, 0) is 11.2 Å². The van der Waals surface area contributed by atoms with Crippen molar-refractivity contribution in [2.24, 2.45) is 5.73 Å². The second kappa shape index (κ2) is 8.47. The number of rotatable bonds is 4. The number of benzene rings is 1. The Hall–Kier alpha value is -3.51. The molecule has 0 saturated carbocycles. The Morgan fingerprint density at radius 1 is 1.37 bits per heavy atom. The number of amides is 1. The highest BCUT2D eigenvalue weighted by molar-refractivity contribution is 5.71. The fourth-order valence-electron chi connectivity index (χ4n) is 3.72. The quantitative estimate of drug-likeness (QED) is 0.794. The molecular formula is C21H23N5O4. The van der Waals surface area contributed by atoms with Crippen LogP contribution in [0.25, 0.3) is 0 Å². The van der Waals surface area contributed by atoms with E-state index in [-0.39, 0.29) is 5.88 Å². The number of H-pyrrole nitrogens is 1. The van der Waals surface area contributed by atoms with Gasteiger partial charge in [0.2, 0.25) is 11.8 Å². The molecule has 2 aromatic rings. The molecule has 156 valence electrons. The zero-order chi connectivity index (χ0) is 21.1. The molecule has 30 heavy (non-hydrogen) atoms. The lowest BCUT2D eigenvalue weighted by atomic mass is 9.83. The van der Waals surface area contributed by atoms with E-state index in [1.54, 1.807) is 17.0 Å². The van der Waals surface area contributed by atoms with Crippen LogP contribution in [0.5, 0.6) is 11.6 Å². The van der Waals surface area contributed by atoms with Gasteiger partial charge in [-0.15, -0.1) is 5.10 Å². The number of hydrogen-bond donors (Lipinski definition) is 2. The number of allylic oxidation sites excluding steroid dienone is 1. The van der Waals surface area contributed by atoms with Crippen molar-refractivity contribution in [1.29, 1.82) is 5.26 Å². The number of morpholine rings is 1. The summed E-state index contributed by atoms with van der Waals surface area (Å²) >= 11 is 0. The minimum Gasteiger partial charge on any atom is -0.420 e. The maximum absolute atomic E-state index is 12.3. The van der Waals surface area contributed by atoms with Gasteiger partial charge in [-0.25, -0.2) is 4.79 Å². The van der Waals surface area contributed by atoms with Crippen LogP contribution in [0.4, 0.5) is 4.79 Å². The third-order valence-corrected chi connectivity index (χ3v) is 5.21. The number of aryl methyl sites for hydroxylation is 1. The average molecular weight is 409 g/mol. The second-order valence-corrected chi connectivity index (χ2v) is 7.13. The molecule has 1 aromatic heterocycles. The molecule has 1 aromatic carbocycles. The van der Waals surface area contributed by atoms with E-state index < -0.39 is 12.0 Å². The van der Waals surface area contributed by atoms with Crippen LogP contribution in [0.15, 0.2) is 35.7 Å². The van der Waals surface area contributed by atoms with Crippen molar-refractivity contribution in [1.82, 2.24) is 15.1 Å². The van der Waals surface area contributed by atoms with Gasteiger partial charge in [0.05, 0.1) is 19.1 Å². The lowest BCUT2D eigenvalue weighted by Gasteiger charge is -2.26. The van der Waals surface area contributed by atoms with Gasteiger partial charge in [-0.1, -0.05) is 25.5 Å². The third kappa shape index (κ3) is 3.69. The Kier molecular flexibility index (Phi) is 5.59. The summed E-state index contributed by atoms with van der Waals surface area (Å²) in [6, 6.07) is 9.26. The minimum absolute atomic E-state index is 0.0485. The topological polar surface area (TPSA) is 126 Å². The van der Waals surface area contributed by atoms with Crippen molar-refractivity contribution in [2.75, 3.05) is 26.3 Å². The number of ether oxygens (including phenoxy) is 3. The van der Waals surface area contributed by atoms with Crippen LogP contribution in [-0.4, -0.2) is 47.5 Å². The Morgan fingerprint density at radius 2 is 2.10 bits per heavy atom. The lowest BCUT2D eigenvalue weighted by Crippen LogP contribution is -2.42. The highest BCUT2D eigenvalue weighted by Crippen LogP contribution is 2.43. The first-order valence-corrected chi connectivity index (χ1v) is 9.91. The largest absolute Gasteiger partial charge is 0.420 e. The molecular weight excluding hydrogens is 386 g/mol. The molecule has 9 nitrogen and oxygen atoms in total. The summed E-state index contributed by atoms with van der Waals surface area (Å²) in [5.74, 6) is 0.470. The number of hydrogen-bond acceptors (Lipinski definition) is 7. The monoisotopic (exact) mass is 409 g/mol. The van der Waals surface area contributed by atoms with Crippen LogP contribution >= 0.6 is 0 Å². The van der Waals surface area contributed by atoms with Crippen molar-refractivity contribution < 1.29 is 19.0 Å². The van der Waals surface area contributed by atoms with Gasteiger partial charge >= 0.3 is 6.09 Å². The van der Waals surface area contributed by atoms with E-state index in [1.165, 1.54) is 0 Å². The van der Waals surface area contributed by atoms with Crippen LogP contribution < -0.4 is 15.2 Å². The standard InChI is InChI=1S/C21H23N5O4/c1-2-3-16-18-17(15(12-22)19(23)30-20(18)25-24-16)13-4-6-14(7-5-13)29-21(27)26-8-10-28-11-9-26/h4-7,17H,2-3,8-11,23H2,1H3,(H,24,25)/t17-/m1/s1. The predicted octanol–water partition coefficient (Wildman–Crippen LogP) is 2.41. The molecule has 4 rings (SSSR count). The first-order valence-electron chi connectivity index (χ1n) is 9.91. The van der Waals surface area contributed by atoms with Crippen molar-refractivity contribution in [2.45, 2.75) is 25.7 Å². The van der Waals surface area contributed by atoms with Gasteiger partial charge in [0.1, 0.15) is 17.4 Å². The van der Waals surface area contributed by atoms with Crippen LogP contribution in [0.1, 0.15) is 36.1 Å². The van der Waals surface area contributed by atoms with Gasteiger partial charge in [-0.2, -0.15) is 5.26 Å². The van der Waals surface area contributed by atoms with Crippen LogP contribution in [0.3, 0.4) is 0 Å². The number of nitriles is 1. The van der Waals surface area contributed by atoms with Crippen molar-refractivity contribution in [3.05, 3.63) is 52.5 Å². The van der Waals surface area contributed by atoms with E-state index in [9.17, 15) is 10.1 Å². The molecule has 1 atom stereocenters. The Balaban J connectivity index is 1.61. The maximum Gasteiger partial charge on any atom is 0.415 e. The Bertz CT molecular complexity index is 999. The van der Waals surface area contributed by atoms with Crippen molar-refractivity contribution in [3.63, 3.8) is 0 Å². The summed E-state index contributed by atoms with van der Waals surface area (Å²) < 4.78 is 16.3. The molecule has 0 bridgehead atoms. The van der Waals surface area contributed by atoms with Gasteiger partial charge in [0.25, 0.3) is 0 Å². The Labute approximate surface area is 174 Å². The molecule has 3 N–H and O–H groups in total. The fourth-order valence-corrected chi connectivity index (χ4v) is 3.72. The van der Waals surface area contributed by atoms with E-state index in [1.807, 2.05) is 12.1 Å². The van der Waals surface area contributed by atoms with E-state index in [0.29, 0.717) is 43.5 Å². The summed E-state index contributed by atoms with van der Waals surface area (Å²) in [5, 5.41) is 16.9. The zero-order valence-corrected chi connectivity index (χ0v) is 16.7.